The van der Waals surface area contributed by atoms with Crippen molar-refractivity contribution in [3.63, 3.8) is 0 Å². The highest BCUT2D eigenvalue weighted by atomic mass is 32.2. The first-order valence-electron chi connectivity index (χ1n) is 7.42. The van der Waals surface area contributed by atoms with Gasteiger partial charge in [-0.2, -0.15) is 5.26 Å². The maximum Gasteiger partial charge on any atom is 0.183 e. The van der Waals surface area contributed by atoms with Crippen LogP contribution in [0.5, 0.6) is 0 Å². The average Bonchev–Trinajstić information content (AvgIpc) is 3.26. The van der Waals surface area contributed by atoms with Crippen LogP contribution < -0.4 is 0 Å². The van der Waals surface area contributed by atoms with Gasteiger partial charge in [0.05, 0.1) is 22.8 Å². The van der Waals surface area contributed by atoms with Crippen molar-refractivity contribution in [3.05, 3.63) is 66.0 Å². The third kappa shape index (κ3) is 2.50. The summed E-state index contributed by atoms with van der Waals surface area (Å²) in [6.07, 6.45) is 0. The standard InChI is InChI=1S/C18H16FNO3S/c1-23-12-18(11-20)16(13-6-5-7-14(19)10-13)17(18)24(21,22)15-8-3-2-4-9-15/h2-10,16-17H,12H2,1H3/t16-,17-,18-/m0/s1. The van der Waals surface area contributed by atoms with Gasteiger partial charge in [0.25, 0.3) is 0 Å². The molecule has 24 heavy (non-hydrogen) atoms. The fourth-order valence-electron chi connectivity index (χ4n) is 3.37. The normalized spacial score (nSPS) is 25.9. The van der Waals surface area contributed by atoms with Crippen molar-refractivity contribution in [2.75, 3.05) is 13.7 Å². The molecule has 6 heteroatoms. The molecule has 0 heterocycles. The molecule has 0 unspecified atom stereocenters. The average molecular weight is 345 g/mol. The highest BCUT2D eigenvalue weighted by molar-refractivity contribution is 7.92. The van der Waals surface area contributed by atoms with Crippen LogP contribution in [0.1, 0.15) is 11.5 Å². The molecule has 2 aromatic rings. The van der Waals surface area contributed by atoms with Gasteiger partial charge in [0.15, 0.2) is 9.84 Å². The molecule has 124 valence electrons. The van der Waals surface area contributed by atoms with E-state index in [4.69, 9.17) is 4.74 Å². The summed E-state index contributed by atoms with van der Waals surface area (Å²) in [6, 6.07) is 15.9. The molecule has 4 nitrogen and oxygen atoms in total. The van der Waals surface area contributed by atoms with E-state index in [1.807, 2.05) is 0 Å². The second kappa shape index (κ2) is 6.00. The maximum absolute atomic E-state index is 13.6. The van der Waals surface area contributed by atoms with E-state index < -0.39 is 32.2 Å². The Kier molecular flexibility index (Phi) is 4.16. The first-order valence-corrected chi connectivity index (χ1v) is 8.96. The van der Waals surface area contributed by atoms with Crippen LogP contribution in [-0.4, -0.2) is 27.4 Å². The Morgan fingerprint density at radius 3 is 2.50 bits per heavy atom. The van der Waals surface area contributed by atoms with Gasteiger partial charge in [0.1, 0.15) is 11.2 Å². The Morgan fingerprint density at radius 1 is 1.21 bits per heavy atom. The zero-order valence-electron chi connectivity index (χ0n) is 13.0. The van der Waals surface area contributed by atoms with Crippen molar-refractivity contribution >= 4 is 9.84 Å². The summed E-state index contributed by atoms with van der Waals surface area (Å²) < 4.78 is 44.7. The van der Waals surface area contributed by atoms with Gasteiger partial charge >= 0.3 is 0 Å². The molecule has 0 amide bonds. The number of benzene rings is 2. The van der Waals surface area contributed by atoms with Crippen molar-refractivity contribution in [1.29, 1.82) is 5.26 Å². The predicted octanol–water partition coefficient (Wildman–Crippen LogP) is 2.92. The Labute approximate surface area is 140 Å². The monoisotopic (exact) mass is 345 g/mol. The van der Waals surface area contributed by atoms with Crippen LogP contribution in [0.25, 0.3) is 0 Å². The van der Waals surface area contributed by atoms with Crippen molar-refractivity contribution < 1.29 is 17.5 Å². The van der Waals surface area contributed by atoms with Crippen LogP contribution in [0.2, 0.25) is 0 Å². The van der Waals surface area contributed by atoms with Gasteiger partial charge in [-0.1, -0.05) is 30.3 Å². The largest absolute Gasteiger partial charge is 0.383 e. The molecular formula is C18H16FNO3S. The maximum atomic E-state index is 13.6. The third-order valence-electron chi connectivity index (χ3n) is 4.46. The second-order valence-electron chi connectivity index (χ2n) is 5.90. The van der Waals surface area contributed by atoms with Crippen LogP contribution in [0, 0.1) is 22.6 Å². The van der Waals surface area contributed by atoms with Crippen molar-refractivity contribution in [1.82, 2.24) is 0 Å². The number of nitriles is 1. The van der Waals surface area contributed by atoms with E-state index in [0.29, 0.717) is 5.56 Å². The van der Waals surface area contributed by atoms with Gasteiger partial charge in [-0.15, -0.1) is 0 Å². The minimum atomic E-state index is -3.74. The third-order valence-corrected chi connectivity index (χ3v) is 6.75. The summed E-state index contributed by atoms with van der Waals surface area (Å²) in [4.78, 5) is 0.157. The van der Waals surface area contributed by atoms with Crippen molar-refractivity contribution in [2.45, 2.75) is 16.1 Å². The van der Waals surface area contributed by atoms with Crippen molar-refractivity contribution in [3.8, 4) is 6.07 Å². The molecule has 1 aliphatic carbocycles. The molecule has 0 spiro atoms. The van der Waals surface area contributed by atoms with Gasteiger partial charge in [0.2, 0.25) is 0 Å². The fraction of sp³-hybridized carbons (Fsp3) is 0.278. The molecule has 0 aliphatic heterocycles. The number of halogens is 1. The van der Waals surface area contributed by atoms with Gasteiger partial charge in [-0.3, -0.25) is 0 Å². The molecule has 0 saturated heterocycles. The van der Waals surface area contributed by atoms with Gasteiger partial charge < -0.3 is 4.74 Å². The topological polar surface area (TPSA) is 67.2 Å². The Bertz CT molecular complexity index is 892. The smallest absolute Gasteiger partial charge is 0.183 e. The zero-order valence-corrected chi connectivity index (χ0v) is 13.8. The van der Waals surface area contributed by atoms with E-state index in [1.54, 1.807) is 24.3 Å². The Morgan fingerprint density at radius 2 is 1.92 bits per heavy atom. The minimum Gasteiger partial charge on any atom is -0.383 e. The van der Waals surface area contributed by atoms with E-state index in [-0.39, 0.29) is 11.5 Å². The van der Waals surface area contributed by atoms with E-state index in [9.17, 15) is 18.1 Å². The first-order chi connectivity index (χ1) is 11.5. The van der Waals surface area contributed by atoms with E-state index in [1.165, 1.54) is 37.4 Å². The number of sulfone groups is 1. The molecule has 0 bridgehead atoms. The lowest BCUT2D eigenvalue weighted by atomic mass is 10.0. The lowest BCUT2D eigenvalue weighted by Crippen LogP contribution is -2.19. The van der Waals surface area contributed by atoms with E-state index in [0.717, 1.165) is 0 Å². The predicted molar refractivity (Wildman–Crippen MR) is 86.5 cm³/mol. The summed E-state index contributed by atoms with van der Waals surface area (Å²) in [5.74, 6) is -1.08. The lowest BCUT2D eigenvalue weighted by molar-refractivity contribution is 0.162. The summed E-state index contributed by atoms with van der Waals surface area (Å²) in [5.41, 5.74) is -0.713. The van der Waals surface area contributed by atoms with Crippen LogP contribution in [0.15, 0.2) is 59.5 Å². The lowest BCUT2D eigenvalue weighted by Gasteiger charge is -2.08. The SMILES string of the molecule is COC[C@@]1(C#N)[C@@H](c2cccc(F)c2)[C@@H]1S(=O)(=O)c1ccccc1. The highest BCUT2D eigenvalue weighted by Crippen LogP contribution is 2.63. The van der Waals surface area contributed by atoms with Gasteiger partial charge in [-0.25, -0.2) is 12.8 Å². The molecule has 1 saturated carbocycles. The zero-order chi connectivity index (χ0) is 17.4. The van der Waals surface area contributed by atoms with Gasteiger partial charge in [-0.05, 0) is 29.8 Å². The minimum absolute atomic E-state index is 0.0264. The number of ether oxygens (including phenoxy) is 1. The van der Waals surface area contributed by atoms with E-state index >= 15 is 0 Å². The summed E-state index contributed by atoms with van der Waals surface area (Å²) >= 11 is 0. The van der Waals surface area contributed by atoms with E-state index in [2.05, 4.69) is 6.07 Å². The van der Waals surface area contributed by atoms with Crippen molar-refractivity contribution in [2.24, 2.45) is 5.41 Å². The molecular weight excluding hydrogens is 329 g/mol. The Hall–Kier alpha value is -2.23. The number of methoxy groups -OCH3 is 1. The quantitative estimate of drug-likeness (QED) is 0.836. The fourth-order valence-corrected chi connectivity index (χ4v) is 5.70. The molecule has 3 rings (SSSR count). The molecule has 0 radical (unpaired) electrons. The summed E-state index contributed by atoms with van der Waals surface area (Å²) in [6.45, 7) is -0.0264. The van der Waals surface area contributed by atoms with Crippen LogP contribution >= 0.6 is 0 Å². The summed E-state index contributed by atoms with van der Waals surface area (Å²) in [5, 5.41) is 8.72. The molecule has 3 atom stereocenters. The molecule has 1 aliphatic rings. The first kappa shape index (κ1) is 16.6. The number of rotatable bonds is 5. The molecule has 0 N–H and O–H groups in total. The molecule has 0 aromatic heterocycles. The van der Waals surface area contributed by atoms with Gasteiger partial charge in [0, 0.05) is 13.0 Å². The summed E-state index contributed by atoms with van der Waals surface area (Å²) in [7, 11) is -2.32. The highest BCUT2D eigenvalue weighted by Gasteiger charge is 2.72. The van der Waals surface area contributed by atoms with Crippen LogP contribution in [0.4, 0.5) is 4.39 Å². The van der Waals surface area contributed by atoms with Crippen LogP contribution in [-0.2, 0) is 14.6 Å². The number of hydrogen-bond acceptors (Lipinski definition) is 4. The van der Waals surface area contributed by atoms with Crippen LogP contribution in [0.3, 0.4) is 0 Å². The Balaban J connectivity index is 2.10. The second-order valence-corrected chi connectivity index (χ2v) is 7.97. The molecule has 1 fully saturated rings. The number of nitrogens with zero attached hydrogens (tertiary/aromatic N) is 1. The molecule has 2 aromatic carbocycles. The number of hydrogen-bond donors (Lipinski definition) is 0.